The van der Waals surface area contributed by atoms with Gasteiger partial charge in [0.05, 0.1) is 4.83 Å². The highest BCUT2D eigenvalue weighted by Gasteiger charge is 2.15. The van der Waals surface area contributed by atoms with Gasteiger partial charge in [0.1, 0.15) is 0 Å². The number of halogens is 2. The highest BCUT2D eigenvalue weighted by molar-refractivity contribution is 9.10. The summed E-state index contributed by atoms with van der Waals surface area (Å²) in [7, 11) is 0. The first-order valence-electron chi connectivity index (χ1n) is 4.96. The van der Waals surface area contributed by atoms with Crippen molar-refractivity contribution >= 4 is 33.3 Å². The normalized spacial score (nSPS) is 12.5. The van der Waals surface area contributed by atoms with Gasteiger partial charge < -0.3 is 0 Å². The molecule has 0 N–H and O–H groups in total. The Labute approximate surface area is 104 Å². The summed E-state index contributed by atoms with van der Waals surface area (Å²) in [5.41, 5.74) is 2.87. The number of hydrogen-bond acceptors (Lipinski definition) is 1. The van der Waals surface area contributed by atoms with Gasteiger partial charge in [0.2, 0.25) is 0 Å². The molecule has 1 unspecified atom stereocenters. The average Bonchev–Trinajstić information content (AvgIpc) is 2.27. The molecule has 1 aromatic rings. The molecule has 0 fully saturated rings. The fourth-order valence-corrected chi connectivity index (χ4v) is 1.87. The second kappa shape index (κ2) is 5.66. The van der Waals surface area contributed by atoms with Crippen LogP contribution in [0.1, 0.15) is 35.3 Å². The second-order valence-corrected chi connectivity index (χ2v) is 5.10. The summed E-state index contributed by atoms with van der Waals surface area (Å²) >= 11 is 9.06. The lowest BCUT2D eigenvalue weighted by Crippen LogP contribution is -2.12. The van der Waals surface area contributed by atoms with Crippen molar-refractivity contribution in [1.29, 1.82) is 0 Å². The van der Waals surface area contributed by atoms with Crippen molar-refractivity contribution in [3.8, 4) is 0 Å². The predicted octanol–water partition coefficient (Wildman–Crippen LogP) is 3.95. The number of ketones is 1. The van der Waals surface area contributed by atoms with Crippen molar-refractivity contribution in [3.63, 3.8) is 0 Å². The van der Waals surface area contributed by atoms with E-state index in [9.17, 15) is 4.79 Å². The van der Waals surface area contributed by atoms with Gasteiger partial charge in [-0.15, -0.1) is 11.6 Å². The molecule has 1 nitrogen and oxygen atoms in total. The largest absolute Gasteiger partial charge is 0.293 e. The molecule has 15 heavy (non-hydrogen) atoms. The van der Waals surface area contributed by atoms with Gasteiger partial charge in [-0.1, -0.05) is 35.0 Å². The standard InChI is InChI=1S/C12H14BrClO/c1-3-10-5-4-9(7-14)6-11(10)12(15)8(2)13/h4-6,8H,3,7H2,1-2H3. The first kappa shape index (κ1) is 12.7. The van der Waals surface area contributed by atoms with Crippen LogP contribution in [0.5, 0.6) is 0 Å². The minimum Gasteiger partial charge on any atom is -0.293 e. The van der Waals surface area contributed by atoms with E-state index in [1.807, 2.05) is 32.0 Å². The molecular weight excluding hydrogens is 275 g/mol. The number of hydrogen-bond donors (Lipinski definition) is 0. The van der Waals surface area contributed by atoms with Crippen LogP contribution >= 0.6 is 27.5 Å². The van der Waals surface area contributed by atoms with Crippen LogP contribution in [-0.2, 0) is 12.3 Å². The molecule has 3 heteroatoms. The fourth-order valence-electron chi connectivity index (χ4n) is 1.46. The number of carbonyl (C=O) groups excluding carboxylic acids is 1. The van der Waals surface area contributed by atoms with E-state index in [0.29, 0.717) is 5.88 Å². The van der Waals surface area contributed by atoms with Crippen LogP contribution in [0.3, 0.4) is 0 Å². The molecule has 0 saturated heterocycles. The molecular formula is C12H14BrClO. The molecule has 0 heterocycles. The number of benzene rings is 1. The lowest BCUT2D eigenvalue weighted by atomic mass is 9.98. The number of rotatable bonds is 4. The Kier molecular flexibility index (Phi) is 4.81. The van der Waals surface area contributed by atoms with Crippen molar-refractivity contribution in [2.24, 2.45) is 0 Å². The van der Waals surface area contributed by atoms with E-state index >= 15 is 0 Å². The first-order valence-corrected chi connectivity index (χ1v) is 6.41. The van der Waals surface area contributed by atoms with Crippen LogP contribution in [0.25, 0.3) is 0 Å². The number of aryl methyl sites for hydroxylation is 1. The van der Waals surface area contributed by atoms with E-state index in [4.69, 9.17) is 11.6 Å². The van der Waals surface area contributed by atoms with Crippen LogP contribution in [-0.4, -0.2) is 10.6 Å². The molecule has 1 aromatic carbocycles. The second-order valence-electron chi connectivity index (χ2n) is 3.46. The summed E-state index contributed by atoms with van der Waals surface area (Å²) in [5.74, 6) is 0.569. The highest BCUT2D eigenvalue weighted by atomic mass is 79.9. The van der Waals surface area contributed by atoms with Crippen LogP contribution in [0.4, 0.5) is 0 Å². The van der Waals surface area contributed by atoms with Gasteiger partial charge in [0, 0.05) is 11.4 Å². The number of alkyl halides is 2. The minimum atomic E-state index is -0.145. The summed E-state index contributed by atoms with van der Waals surface area (Å²) < 4.78 is 0. The maximum atomic E-state index is 11.9. The van der Waals surface area contributed by atoms with Crippen molar-refractivity contribution in [3.05, 3.63) is 34.9 Å². The predicted molar refractivity (Wildman–Crippen MR) is 68.1 cm³/mol. The molecule has 0 aromatic heterocycles. The molecule has 82 valence electrons. The van der Waals surface area contributed by atoms with Crippen LogP contribution in [0.15, 0.2) is 18.2 Å². The van der Waals surface area contributed by atoms with Gasteiger partial charge >= 0.3 is 0 Å². The SMILES string of the molecule is CCc1ccc(CCl)cc1C(=O)C(C)Br. The van der Waals surface area contributed by atoms with E-state index in [1.54, 1.807) is 0 Å². The Morgan fingerprint density at radius 3 is 2.67 bits per heavy atom. The summed E-state index contributed by atoms with van der Waals surface area (Å²) in [6, 6.07) is 5.85. The van der Waals surface area contributed by atoms with Gasteiger partial charge in [-0.05, 0) is 30.5 Å². The average molecular weight is 290 g/mol. The molecule has 0 saturated carbocycles. The van der Waals surface area contributed by atoms with Crippen molar-refractivity contribution in [2.75, 3.05) is 0 Å². The van der Waals surface area contributed by atoms with Crippen molar-refractivity contribution in [1.82, 2.24) is 0 Å². The zero-order chi connectivity index (χ0) is 11.4. The van der Waals surface area contributed by atoms with Crippen molar-refractivity contribution in [2.45, 2.75) is 31.0 Å². The third-order valence-corrected chi connectivity index (χ3v) is 3.06. The van der Waals surface area contributed by atoms with Crippen molar-refractivity contribution < 1.29 is 4.79 Å². The van der Waals surface area contributed by atoms with Gasteiger partial charge in [-0.3, -0.25) is 4.79 Å². The third kappa shape index (κ3) is 3.05. The smallest absolute Gasteiger partial charge is 0.176 e. The topological polar surface area (TPSA) is 17.1 Å². The lowest BCUT2D eigenvalue weighted by Gasteiger charge is -2.09. The highest BCUT2D eigenvalue weighted by Crippen LogP contribution is 2.18. The van der Waals surface area contributed by atoms with Crippen LogP contribution < -0.4 is 0 Å². The summed E-state index contributed by atoms with van der Waals surface area (Å²) in [5, 5.41) is 0. The molecule has 0 aliphatic rings. The first-order chi connectivity index (χ1) is 7.10. The summed E-state index contributed by atoms with van der Waals surface area (Å²) in [4.78, 5) is 11.8. The van der Waals surface area contributed by atoms with Crippen LogP contribution in [0, 0.1) is 0 Å². The quantitative estimate of drug-likeness (QED) is 0.606. The van der Waals surface area contributed by atoms with E-state index in [-0.39, 0.29) is 10.6 Å². The summed E-state index contributed by atoms with van der Waals surface area (Å²) in [6.07, 6.45) is 0.864. The maximum absolute atomic E-state index is 11.9. The molecule has 0 spiro atoms. The van der Waals surface area contributed by atoms with Gasteiger partial charge in [-0.25, -0.2) is 0 Å². The van der Waals surface area contributed by atoms with E-state index in [0.717, 1.165) is 23.1 Å². The Hall–Kier alpha value is -0.340. The van der Waals surface area contributed by atoms with E-state index in [1.165, 1.54) is 0 Å². The Morgan fingerprint density at radius 1 is 1.53 bits per heavy atom. The van der Waals surface area contributed by atoms with Gasteiger partial charge in [-0.2, -0.15) is 0 Å². The fraction of sp³-hybridized carbons (Fsp3) is 0.417. The maximum Gasteiger partial charge on any atom is 0.176 e. The molecule has 0 aliphatic heterocycles. The Bertz CT molecular complexity index is 361. The zero-order valence-corrected chi connectivity index (χ0v) is 11.2. The molecule has 1 rings (SSSR count). The Morgan fingerprint density at radius 2 is 2.20 bits per heavy atom. The minimum absolute atomic E-state index is 0.124. The summed E-state index contributed by atoms with van der Waals surface area (Å²) in [6.45, 7) is 3.89. The lowest BCUT2D eigenvalue weighted by molar-refractivity contribution is 0.0995. The molecule has 0 amide bonds. The molecule has 1 atom stereocenters. The number of carbonyl (C=O) groups is 1. The van der Waals surface area contributed by atoms with Gasteiger partial charge in [0.25, 0.3) is 0 Å². The zero-order valence-electron chi connectivity index (χ0n) is 8.89. The van der Waals surface area contributed by atoms with Gasteiger partial charge in [0.15, 0.2) is 5.78 Å². The molecule has 0 radical (unpaired) electrons. The third-order valence-electron chi connectivity index (χ3n) is 2.34. The molecule has 0 bridgehead atoms. The van der Waals surface area contributed by atoms with E-state index < -0.39 is 0 Å². The van der Waals surface area contributed by atoms with E-state index in [2.05, 4.69) is 15.9 Å². The molecule has 0 aliphatic carbocycles. The van der Waals surface area contributed by atoms with Crippen LogP contribution in [0.2, 0.25) is 0 Å². The Balaban J connectivity index is 3.17. The monoisotopic (exact) mass is 288 g/mol. The number of Topliss-reactive ketones (excluding diaryl/α,β-unsaturated/α-hetero) is 1.